The number of hydrogen-bond acceptors (Lipinski definition) is 4. The zero-order valence-corrected chi connectivity index (χ0v) is 12.8. The zero-order valence-electron chi connectivity index (χ0n) is 12.0. The molecule has 3 rings (SSSR count). The Kier molecular flexibility index (Phi) is 4.08. The minimum absolute atomic E-state index is 0.246. The molecule has 116 valence electrons. The normalized spacial score (nSPS) is 23.2. The summed E-state index contributed by atoms with van der Waals surface area (Å²) in [7, 11) is -3.97. The first kappa shape index (κ1) is 14.7. The van der Waals surface area contributed by atoms with Crippen molar-refractivity contribution in [3.63, 3.8) is 0 Å². The van der Waals surface area contributed by atoms with Crippen molar-refractivity contribution in [3.8, 4) is 11.5 Å². The monoisotopic (exact) mass is 311 g/mol. The van der Waals surface area contributed by atoms with Gasteiger partial charge in [-0.1, -0.05) is 19.3 Å². The van der Waals surface area contributed by atoms with Gasteiger partial charge in [-0.2, -0.15) is 13.6 Å². The Balaban J connectivity index is 1.72. The van der Waals surface area contributed by atoms with Crippen LogP contribution in [0.5, 0.6) is 11.5 Å². The number of hydrogen-bond donors (Lipinski definition) is 1. The number of aryl methyl sites for hydroxylation is 1. The van der Waals surface area contributed by atoms with Gasteiger partial charge in [-0.15, -0.1) is 0 Å². The first-order valence-corrected chi connectivity index (χ1v) is 9.00. The molecule has 1 aliphatic heterocycles. The van der Waals surface area contributed by atoms with E-state index in [1.807, 2.05) is 0 Å². The zero-order chi connectivity index (χ0) is 14.9. The van der Waals surface area contributed by atoms with E-state index in [0.717, 1.165) is 24.2 Å². The van der Waals surface area contributed by atoms with Gasteiger partial charge in [-0.3, -0.25) is 0 Å². The molecule has 0 unspecified atom stereocenters. The SMILES string of the molecule is NS(=O)(=O)Oc1ccc2c(c1)CC[C@@H](C1CCCCC1)O2. The number of benzene rings is 1. The van der Waals surface area contributed by atoms with Crippen molar-refractivity contribution >= 4 is 10.3 Å². The van der Waals surface area contributed by atoms with Gasteiger partial charge in [0.2, 0.25) is 0 Å². The Morgan fingerprint density at radius 2 is 1.90 bits per heavy atom. The van der Waals surface area contributed by atoms with Gasteiger partial charge in [-0.25, -0.2) is 0 Å². The van der Waals surface area contributed by atoms with Gasteiger partial charge in [-0.05, 0) is 55.4 Å². The topological polar surface area (TPSA) is 78.6 Å². The van der Waals surface area contributed by atoms with E-state index in [1.165, 1.54) is 32.1 Å². The lowest BCUT2D eigenvalue weighted by Gasteiger charge is -2.34. The number of fused-ring (bicyclic) bond motifs is 1. The third kappa shape index (κ3) is 3.68. The van der Waals surface area contributed by atoms with Crippen LogP contribution in [0.4, 0.5) is 0 Å². The second kappa shape index (κ2) is 5.85. The van der Waals surface area contributed by atoms with E-state index in [2.05, 4.69) is 0 Å². The van der Waals surface area contributed by atoms with Gasteiger partial charge in [0.05, 0.1) is 0 Å². The first-order chi connectivity index (χ1) is 10.0. The molecule has 0 radical (unpaired) electrons. The summed E-state index contributed by atoms with van der Waals surface area (Å²) in [6.45, 7) is 0. The van der Waals surface area contributed by atoms with E-state index in [-0.39, 0.29) is 5.75 Å². The molecule has 21 heavy (non-hydrogen) atoms. The smallest absolute Gasteiger partial charge is 0.380 e. The van der Waals surface area contributed by atoms with Crippen LogP contribution < -0.4 is 14.1 Å². The second-order valence-electron chi connectivity index (χ2n) is 5.94. The van der Waals surface area contributed by atoms with E-state index < -0.39 is 10.3 Å². The van der Waals surface area contributed by atoms with Crippen molar-refractivity contribution in [2.24, 2.45) is 11.1 Å². The van der Waals surface area contributed by atoms with Crippen LogP contribution in [0, 0.1) is 5.92 Å². The van der Waals surface area contributed by atoms with Crippen LogP contribution in [-0.4, -0.2) is 14.5 Å². The third-order valence-electron chi connectivity index (χ3n) is 4.40. The van der Waals surface area contributed by atoms with Gasteiger partial charge in [0.15, 0.2) is 0 Å². The van der Waals surface area contributed by atoms with E-state index in [0.29, 0.717) is 12.0 Å². The van der Waals surface area contributed by atoms with Crippen LogP contribution >= 0.6 is 0 Å². The highest BCUT2D eigenvalue weighted by Crippen LogP contribution is 2.37. The molecule has 1 aliphatic carbocycles. The molecule has 0 spiro atoms. The van der Waals surface area contributed by atoms with Crippen LogP contribution in [0.1, 0.15) is 44.1 Å². The lowest BCUT2D eigenvalue weighted by atomic mass is 9.82. The summed E-state index contributed by atoms with van der Waals surface area (Å²) in [6, 6.07) is 5.08. The van der Waals surface area contributed by atoms with Crippen molar-refractivity contribution in [1.29, 1.82) is 0 Å². The molecule has 2 N–H and O–H groups in total. The molecule has 0 aromatic heterocycles. The quantitative estimate of drug-likeness (QED) is 0.930. The predicted molar refractivity (Wildman–Crippen MR) is 79.5 cm³/mol. The maximum Gasteiger partial charge on any atom is 0.380 e. The highest BCUT2D eigenvalue weighted by Gasteiger charge is 2.29. The highest BCUT2D eigenvalue weighted by molar-refractivity contribution is 7.84. The fourth-order valence-electron chi connectivity index (χ4n) is 3.41. The Hall–Kier alpha value is -1.27. The summed E-state index contributed by atoms with van der Waals surface area (Å²) >= 11 is 0. The van der Waals surface area contributed by atoms with Crippen LogP contribution in [0.2, 0.25) is 0 Å². The molecule has 1 aromatic rings. The standard InChI is InChI=1S/C15H21NO4S/c16-21(17,18)20-13-7-9-15-12(10-13)6-8-14(19-15)11-4-2-1-3-5-11/h7,9-11,14H,1-6,8H2,(H2,16,17,18)/t14-/m0/s1. The fourth-order valence-corrected chi connectivity index (χ4v) is 3.78. The molecule has 2 aliphatic rings. The number of nitrogens with two attached hydrogens (primary N) is 1. The lowest BCUT2D eigenvalue weighted by molar-refractivity contribution is 0.0879. The summed E-state index contributed by atoms with van der Waals surface area (Å²) in [5.74, 6) is 1.75. The van der Waals surface area contributed by atoms with Crippen LogP contribution in [-0.2, 0) is 16.7 Å². The van der Waals surface area contributed by atoms with Crippen molar-refractivity contribution in [3.05, 3.63) is 23.8 Å². The lowest BCUT2D eigenvalue weighted by Crippen LogP contribution is -2.32. The molecule has 1 atom stereocenters. The van der Waals surface area contributed by atoms with Crippen LogP contribution in [0.15, 0.2) is 18.2 Å². The van der Waals surface area contributed by atoms with Gasteiger partial charge < -0.3 is 8.92 Å². The maximum absolute atomic E-state index is 11.0. The molecular formula is C15H21NO4S. The molecule has 1 saturated carbocycles. The molecule has 1 aromatic carbocycles. The molecule has 1 heterocycles. The fraction of sp³-hybridized carbons (Fsp3) is 0.600. The largest absolute Gasteiger partial charge is 0.490 e. The summed E-state index contributed by atoms with van der Waals surface area (Å²) < 4.78 is 32.7. The summed E-state index contributed by atoms with van der Waals surface area (Å²) in [5, 5.41) is 4.88. The van der Waals surface area contributed by atoms with Gasteiger partial charge >= 0.3 is 10.3 Å². The van der Waals surface area contributed by atoms with Crippen molar-refractivity contribution < 1.29 is 17.3 Å². The average Bonchev–Trinajstić information content (AvgIpc) is 2.46. The van der Waals surface area contributed by atoms with E-state index >= 15 is 0 Å². The van der Waals surface area contributed by atoms with Gasteiger partial charge in [0, 0.05) is 0 Å². The Bertz CT molecular complexity index is 608. The first-order valence-electron chi connectivity index (χ1n) is 7.53. The third-order valence-corrected chi connectivity index (χ3v) is 4.82. The number of rotatable bonds is 3. The van der Waals surface area contributed by atoms with Crippen molar-refractivity contribution in [2.75, 3.05) is 0 Å². The molecule has 6 heteroatoms. The molecule has 0 saturated heterocycles. The predicted octanol–water partition coefficient (Wildman–Crippen LogP) is 2.54. The minimum atomic E-state index is -3.97. The molecule has 0 bridgehead atoms. The molecule has 1 fully saturated rings. The maximum atomic E-state index is 11.0. The Labute approximate surface area is 125 Å². The number of ether oxygens (including phenoxy) is 1. The van der Waals surface area contributed by atoms with Crippen molar-refractivity contribution in [1.82, 2.24) is 0 Å². The molecule has 0 amide bonds. The molecule has 5 nitrogen and oxygen atoms in total. The van der Waals surface area contributed by atoms with Crippen LogP contribution in [0.3, 0.4) is 0 Å². The second-order valence-corrected chi connectivity index (χ2v) is 7.09. The van der Waals surface area contributed by atoms with Gasteiger partial charge in [0.25, 0.3) is 0 Å². The van der Waals surface area contributed by atoms with Gasteiger partial charge in [0.1, 0.15) is 17.6 Å². The summed E-state index contributed by atoms with van der Waals surface area (Å²) in [5.41, 5.74) is 0.989. The molecular weight excluding hydrogens is 290 g/mol. The van der Waals surface area contributed by atoms with Crippen LogP contribution in [0.25, 0.3) is 0 Å². The van der Waals surface area contributed by atoms with E-state index in [9.17, 15) is 8.42 Å². The average molecular weight is 311 g/mol. The van der Waals surface area contributed by atoms with E-state index in [1.54, 1.807) is 18.2 Å². The highest BCUT2D eigenvalue weighted by atomic mass is 32.2. The summed E-state index contributed by atoms with van der Waals surface area (Å²) in [6.07, 6.45) is 8.63. The Morgan fingerprint density at radius 3 is 2.62 bits per heavy atom. The minimum Gasteiger partial charge on any atom is -0.490 e. The summed E-state index contributed by atoms with van der Waals surface area (Å²) in [4.78, 5) is 0. The van der Waals surface area contributed by atoms with E-state index in [4.69, 9.17) is 14.1 Å². The van der Waals surface area contributed by atoms with Crippen molar-refractivity contribution in [2.45, 2.75) is 51.0 Å². The Morgan fingerprint density at radius 1 is 1.14 bits per heavy atom.